The smallest absolute Gasteiger partial charge is 0.223 e. The van der Waals surface area contributed by atoms with Crippen LogP contribution in [0.25, 0.3) is 11.2 Å². The summed E-state index contributed by atoms with van der Waals surface area (Å²) in [5.74, 6) is 1.30. The maximum atomic E-state index is 12.0. The van der Waals surface area contributed by atoms with Crippen LogP contribution in [0.1, 0.15) is 31.0 Å². The van der Waals surface area contributed by atoms with Crippen molar-refractivity contribution < 1.29 is 4.79 Å². The minimum absolute atomic E-state index is 0.0582. The largest absolute Gasteiger partial charge is 0.378 e. The number of primary amides is 1. The number of aromatic nitrogens is 3. The summed E-state index contributed by atoms with van der Waals surface area (Å²) >= 11 is 6.48. The highest BCUT2D eigenvalue weighted by atomic mass is 35.5. The number of allylic oxidation sites excluding steroid dienone is 1. The topological polar surface area (TPSA) is 109 Å². The number of amides is 1. The van der Waals surface area contributed by atoms with Crippen molar-refractivity contribution in [3.63, 3.8) is 0 Å². The number of hydrogen-bond acceptors (Lipinski definition) is 5. The summed E-state index contributed by atoms with van der Waals surface area (Å²) in [6, 6.07) is -0.0582. The van der Waals surface area contributed by atoms with Crippen LogP contribution in [0.3, 0.4) is 0 Å². The van der Waals surface area contributed by atoms with Crippen LogP contribution in [0.15, 0.2) is 18.3 Å². The molecular weight excluding hydrogens is 364 g/mol. The summed E-state index contributed by atoms with van der Waals surface area (Å²) in [5.41, 5.74) is 7.89. The molecule has 5 N–H and O–H groups in total. The van der Waals surface area contributed by atoms with Gasteiger partial charge in [0.1, 0.15) is 11.3 Å². The number of aromatic amines is 1. The van der Waals surface area contributed by atoms with Crippen LogP contribution in [0.4, 0.5) is 5.69 Å². The molecule has 27 heavy (non-hydrogen) atoms. The van der Waals surface area contributed by atoms with E-state index in [-0.39, 0.29) is 29.7 Å². The number of nitrogens with zero attached hydrogens (tertiary/aromatic N) is 2. The number of anilines is 1. The molecule has 1 aliphatic heterocycles. The van der Waals surface area contributed by atoms with Crippen LogP contribution >= 0.6 is 11.6 Å². The minimum Gasteiger partial charge on any atom is -0.378 e. The van der Waals surface area contributed by atoms with Gasteiger partial charge in [-0.3, -0.25) is 4.79 Å². The number of fused-ring (bicyclic) bond motifs is 3. The van der Waals surface area contributed by atoms with Crippen molar-refractivity contribution in [3.8, 4) is 0 Å². The first kappa shape index (κ1) is 17.0. The quantitative estimate of drug-likeness (QED) is 0.602. The van der Waals surface area contributed by atoms with Gasteiger partial charge in [-0.1, -0.05) is 23.8 Å². The van der Waals surface area contributed by atoms with Gasteiger partial charge in [0.25, 0.3) is 0 Å². The van der Waals surface area contributed by atoms with Gasteiger partial charge in [0.05, 0.1) is 22.8 Å². The Balaban J connectivity index is 1.51. The third-order valence-electron chi connectivity index (χ3n) is 6.27. The molecule has 2 bridgehead atoms. The van der Waals surface area contributed by atoms with Gasteiger partial charge >= 0.3 is 0 Å². The molecule has 3 heterocycles. The van der Waals surface area contributed by atoms with E-state index in [4.69, 9.17) is 22.3 Å². The van der Waals surface area contributed by atoms with Crippen LogP contribution in [0.2, 0.25) is 5.02 Å². The Morgan fingerprint density at radius 2 is 2.19 bits per heavy atom. The third-order valence-corrected chi connectivity index (χ3v) is 6.55. The highest BCUT2D eigenvalue weighted by molar-refractivity contribution is 6.34. The van der Waals surface area contributed by atoms with Crippen molar-refractivity contribution in [2.45, 2.75) is 31.2 Å². The number of carbonyl (C=O) groups is 1. The molecule has 2 aliphatic carbocycles. The fourth-order valence-corrected chi connectivity index (χ4v) is 5.13. The zero-order valence-corrected chi connectivity index (χ0v) is 15.7. The molecule has 142 valence electrons. The maximum Gasteiger partial charge on any atom is 0.223 e. The van der Waals surface area contributed by atoms with Gasteiger partial charge in [0.2, 0.25) is 5.91 Å². The first-order valence-corrected chi connectivity index (χ1v) is 9.98. The number of carbonyl (C=O) groups excluding carboxylic acids is 1. The maximum absolute atomic E-state index is 12.0. The van der Waals surface area contributed by atoms with Crippen LogP contribution in [-0.4, -0.2) is 40.0 Å². The molecule has 8 heteroatoms. The van der Waals surface area contributed by atoms with E-state index in [1.165, 1.54) is 0 Å². The predicted molar refractivity (Wildman–Crippen MR) is 105 cm³/mol. The monoisotopic (exact) mass is 386 g/mol. The highest BCUT2D eigenvalue weighted by Gasteiger charge is 2.47. The van der Waals surface area contributed by atoms with E-state index in [2.05, 4.69) is 32.8 Å². The molecule has 1 saturated carbocycles. The molecule has 2 aromatic rings. The summed E-state index contributed by atoms with van der Waals surface area (Å²) in [6.45, 7) is 1.97. The van der Waals surface area contributed by atoms with Gasteiger partial charge in [0, 0.05) is 18.5 Å². The van der Waals surface area contributed by atoms with E-state index in [1.54, 1.807) is 6.20 Å². The second-order valence-electron chi connectivity index (χ2n) is 7.89. The molecular formula is C19H23ClN6O. The summed E-state index contributed by atoms with van der Waals surface area (Å²) in [5, 5.41) is 7.44. The van der Waals surface area contributed by atoms with E-state index in [9.17, 15) is 4.79 Å². The van der Waals surface area contributed by atoms with Crippen LogP contribution in [0, 0.1) is 17.8 Å². The summed E-state index contributed by atoms with van der Waals surface area (Å²) < 4.78 is 0. The lowest BCUT2D eigenvalue weighted by atomic mass is 9.88. The lowest BCUT2D eigenvalue weighted by Gasteiger charge is -2.27. The Kier molecular flexibility index (Phi) is 4.09. The van der Waals surface area contributed by atoms with Gasteiger partial charge in [-0.25, -0.2) is 9.97 Å². The predicted octanol–water partition coefficient (Wildman–Crippen LogP) is 2.17. The first-order valence-electron chi connectivity index (χ1n) is 9.61. The third kappa shape index (κ3) is 2.80. The van der Waals surface area contributed by atoms with Crippen molar-refractivity contribution in [3.05, 3.63) is 29.2 Å². The van der Waals surface area contributed by atoms with Crippen molar-refractivity contribution in [2.75, 3.05) is 18.4 Å². The number of hydrogen-bond donors (Lipinski definition) is 4. The van der Waals surface area contributed by atoms with E-state index in [0.717, 1.165) is 55.0 Å². The number of piperidine rings is 1. The second-order valence-corrected chi connectivity index (χ2v) is 8.30. The van der Waals surface area contributed by atoms with Crippen LogP contribution in [-0.2, 0) is 4.79 Å². The molecule has 3 aliphatic rings. The van der Waals surface area contributed by atoms with E-state index < -0.39 is 0 Å². The Morgan fingerprint density at radius 1 is 1.33 bits per heavy atom. The average Bonchev–Trinajstić information content (AvgIpc) is 3.38. The number of H-pyrrole nitrogens is 1. The number of pyridine rings is 1. The molecule has 2 fully saturated rings. The molecule has 5 atom stereocenters. The van der Waals surface area contributed by atoms with Crippen LogP contribution < -0.4 is 16.4 Å². The number of nitrogens with two attached hydrogens (primary N) is 1. The number of rotatable bonds is 4. The summed E-state index contributed by atoms with van der Waals surface area (Å²) in [4.78, 5) is 24.6. The van der Waals surface area contributed by atoms with E-state index >= 15 is 0 Å². The Labute approximate surface area is 162 Å². The summed E-state index contributed by atoms with van der Waals surface area (Å²) in [7, 11) is 0. The molecule has 1 saturated heterocycles. The van der Waals surface area contributed by atoms with Crippen molar-refractivity contribution in [1.82, 2.24) is 20.3 Å². The SMILES string of the molecule is NC(=O)[C@@H]1[C@H](Nc2c(Cl)cnc3[nH]c(C4CCCNC4)nc23)[C@H]2C=C[C@@H]1C2. The lowest BCUT2D eigenvalue weighted by molar-refractivity contribution is -0.122. The molecule has 0 radical (unpaired) electrons. The molecule has 1 unspecified atom stereocenters. The Morgan fingerprint density at radius 3 is 2.96 bits per heavy atom. The zero-order valence-electron chi connectivity index (χ0n) is 14.9. The van der Waals surface area contributed by atoms with Crippen LogP contribution in [0.5, 0.6) is 0 Å². The molecule has 5 rings (SSSR count). The number of halogens is 1. The highest BCUT2D eigenvalue weighted by Crippen LogP contribution is 2.46. The molecule has 0 spiro atoms. The average molecular weight is 387 g/mol. The number of nitrogens with one attached hydrogen (secondary N) is 3. The Bertz CT molecular complexity index is 918. The first-order chi connectivity index (χ1) is 13.1. The molecule has 7 nitrogen and oxygen atoms in total. The van der Waals surface area contributed by atoms with Crippen molar-refractivity contribution in [2.24, 2.45) is 23.5 Å². The second kappa shape index (κ2) is 6.49. The summed E-state index contributed by atoms with van der Waals surface area (Å²) in [6.07, 6.45) is 9.12. The van der Waals surface area contributed by atoms with Gasteiger partial charge in [-0.2, -0.15) is 0 Å². The van der Waals surface area contributed by atoms with E-state index in [0.29, 0.717) is 10.9 Å². The standard InChI is InChI=1S/C19H23ClN6O/c20-12-8-23-19-16(25-18(26-19)11-2-1-5-22-7-11)15(12)24-14-10-4-3-9(6-10)13(14)17(21)27/h3-4,8-11,13-14,22H,1-2,5-7H2,(H2,21,27)(H2,23,24,25,26)/t9-,10+,11?,13+,14-/m1/s1. The van der Waals surface area contributed by atoms with Gasteiger partial charge in [-0.05, 0) is 37.6 Å². The van der Waals surface area contributed by atoms with Gasteiger partial charge < -0.3 is 21.4 Å². The lowest BCUT2D eigenvalue weighted by Crippen LogP contribution is -2.41. The van der Waals surface area contributed by atoms with Gasteiger partial charge in [0.15, 0.2) is 5.65 Å². The molecule has 1 amide bonds. The zero-order chi connectivity index (χ0) is 18.5. The van der Waals surface area contributed by atoms with E-state index in [1.807, 2.05) is 0 Å². The van der Waals surface area contributed by atoms with Crippen molar-refractivity contribution >= 4 is 34.4 Å². The fraction of sp³-hybridized carbons (Fsp3) is 0.526. The molecule has 0 aromatic carbocycles. The fourth-order valence-electron chi connectivity index (χ4n) is 4.94. The minimum atomic E-state index is -0.262. The van der Waals surface area contributed by atoms with Crippen molar-refractivity contribution in [1.29, 1.82) is 0 Å². The molecule has 2 aromatic heterocycles. The van der Waals surface area contributed by atoms with Gasteiger partial charge in [-0.15, -0.1) is 0 Å². The normalized spacial score (nSPS) is 32.3. The Hall–Kier alpha value is -2.12. The number of imidazole rings is 1.